The highest BCUT2D eigenvalue weighted by Crippen LogP contribution is 2.28. The van der Waals surface area contributed by atoms with Crippen molar-refractivity contribution in [2.75, 3.05) is 5.32 Å². The third kappa shape index (κ3) is 3.85. The molecule has 0 unspecified atom stereocenters. The smallest absolute Gasteiger partial charge is 0.158 e. The molecule has 0 bridgehead atoms. The van der Waals surface area contributed by atoms with Gasteiger partial charge in [0.15, 0.2) is 5.65 Å². The van der Waals surface area contributed by atoms with Crippen LogP contribution in [0.2, 0.25) is 0 Å². The largest absolute Gasteiger partial charge is 0.393 e. The Kier molecular flexibility index (Phi) is 4.83. The molecular weight excluding hydrogens is 390 g/mol. The number of hydrogen-bond donors (Lipinski definition) is 3. The number of nitrogens with zero attached hydrogens (tertiary/aromatic N) is 5. The summed E-state index contributed by atoms with van der Waals surface area (Å²) in [5, 5.41) is 18.5. The van der Waals surface area contributed by atoms with Crippen molar-refractivity contribution in [3.8, 4) is 11.4 Å². The van der Waals surface area contributed by atoms with Crippen molar-refractivity contribution in [2.24, 2.45) is 0 Å². The molecule has 156 valence electrons. The Morgan fingerprint density at radius 2 is 2.00 bits per heavy atom. The van der Waals surface area contributed by atoms with Crippen molar-refractivity contribution in [2.45, 2.75) is 32.8 Å². The van der Waals surface area contributed by atoms with Crippen molar-refractivity contribution in [1.29, 1.82) is 0 Å². The van der Waals surface area contributed by atoms with Gasteiger partial charge in [-0.15, -0.1) is 0 Å². The number of pyridine rings is 2. The normalized spacial score (nSPS) is 12.5. The molecule has 5 heterocycles. The lowest BCUT2D eigenvalue weighted by Gasteiger charge is -2.11. The molecule has 5 aromatic heterocycles. The van der Waals surface area contributed by atoms with E-state index in [0.717, 1.165) is 57.4 Å². The summed E-state index contributed by atoms with van der Waals surface area (Å²) in [7, 11) is 0. The van der Waals surface area contributed by atoms with Crippen LogP contribution in [0.1, 0.15) is 24.7 Å². The highest BCUT2D eigenvalue weighted by molar-refractivity contribution is 5.92. The summed E-state index contributed by atoms with van der Waals surface area (Å²) in [5.74, 6) is 0.785. The first-order valence-corrected chi connectivity index (χ1v) is 10.3. The van der Waals surface area contributed by atoms with Crippen LogP contribution < -0.4 is 5.32 Å². The van der Waals surface area contributed by atoms with E-state index in [2.05, 4.69) is 31.4 Å². The van der Waals surface area contributed by atoms with E-state index in [4.69, 9.17) is 4.98 Å². The lowest BCUT2D eigenvalue weighted by Crippen LogP contribution is -2.03. The second kappa shape index (κ2) is 7.81. The fourth-order valence-corrected chi connectivity index (χ4v) is 3.65. The van der Waals surface area contributed by atoms with E-state index in [1.165, 1.54) is 0 Å². The third-order valence-electron chi connectivity index (χ3n) is 5.19. The van der Waals surface area contributed by atoms with Gasteiger partial charge in [-0.2, -0.15) is 9.61 Å². The topological polar surface area (TPSA) is 104 Å². The fraction of sp³-hybridized carbons (Fsp3) is 0.217. The number of nitrogens with one attached hydrogen (secondary N) is 2. The molecule has 0 aliphatic carbocycles. The van der Waals surface area contributed by atoms with E-state index >= 15 is 0 Å². The number of aliphatic hydroxyl groups is 1. The Labute approximate surface area is 179 Å². The summed E-state index contributed by atoms with van der Waals surface area (Å²) in [6, 6.07) is 13.7. The molecule has 0 radical (unpaired) electrons. The molecule has 0 saturated carbocycles. The van der Waals surface area contributed by atoms with E-state index in [1.807, 2.05) is 43.3 Å². The van der Waals surface area contributed by atoms with Crippen molar-refractivity contribution in [3.63, 3.8) is 0 Å². The fourth-order valence-electron chi connectivity index (χ4n) is 3.65. The van der Waals surface area contributed by atoms with Crippen molar-refractivity contribution < 1.29 is 5.11 Å². The van der Waals surface area contributed by atoms with Gasteiger partial charge >= 0.3 is 0 Å². The number of aromatic amines is 1. The number of anilines is 2. The Morgan fingerprint density at radius 1 is 1.10 bits per heavy atom. The summed E-state index contributed by atoms with van der Waals surface area (Å²) in [6.07, 6.45) is 4.61. The zero-order valence-electron chi connectivity index (χ0n) is 17.4. The van der Waals surface area contributed by atoms with Crippen LogP contribution in [0.4, 0.5) is 11.5 Å². The van der Waals surface area contributed by atoms with Gasteiger partial charge in [-0.25, -0.2) is 9.97 Å². The summed E-state index contributed by atoms with van der Waals surface area (Å²) >= 11 is 0. The Bertz CT molecular complexity index is 1370. The average molecular weight is 413 g/mol. The van der Waals surface area contributed by atoms with Gasteiger partial charge in [0.1, 0.15) is 11.5 Å². The minimum Gasteiger partial charge on any atom is -0.393 e. The second-order valence-corrected chi connectivity index (χ2v) is 7.72. The second-order valence-electron chi connectivity index (χ2n) is 7.72. The minimum atomic E-state index is -0.337. The maximum atomic E-state index is 9.59. The maximum absolute atomic E-state index is 9.59. The van der Waals surface area contributed by atoms with Gasteiger partial charge < -0.3 is 15.4 Å². The highest BCUT2D eigenvalue weighted by Gasteiger charge is 2.13. The number of rotatable bonds is 6. The van der Waals surface area contributed by atoms with Crippen LogP contribution in [0.15, 0.2) is 54.9 Å². The van der Waals surface area contributed by atoms with Gasteiger partial charge in [-0.1, -0.05) is 6.07 Å². The standard InChI is InChI=1S/C23H23N7O/c1-14-4-3-5-19(26-14)20-13-22(30-21(29-20)9-11-25-30)28-18-8-10-24-23-17(18)12-16(27-23)7-6-15(2)31/h3-5,8-13,15,31H,6-7H2,1-2H3,(H2,24,27,28)/t15-/m0/s1. The summed E-state index contributed by atoms with van der Waals surface area (Å²) in [6.45, 7) is 3.77. The third-order valence-corrected chi connectivity index (χ3v) is 5.19. The number of hydrogen-bond acceptors (Lipinski definition) is 6. The van der Waals surface area contributed by atoms with Gasteiger partial charge in [0.05, 0.1) is 29.4 Å². The van der Waals surface area contributed by atoms with E-state index < -0.39 is 0 Å². The number of aliphatic hydroxyl groups excluding tert-OH is 1. The first kappa shape index (κ1) is 19.2. The number of H-pyrrole nitrogens is 1. The maximum Gasteiger partial charge on any atom is 0.158 e. The Morgan fingerprint density at radius 3 is 2.84 bits per heavy atom. The highest BCUT2D eigenvalue weighted by atomic mass is 16.3. The number of aryl methyl sites for hydroxylation is 2. The van der Waals surface area contributed by atoms with Crippen LogP contribution in [-0.2, 0) is 6.42 Å². The molecule has 0 aromatic carbocycles. The van der Waals surface area contributed by atoms with Crippen LogP contribution >= 0.6 is 0 Å². The predicted molar refractivity (Wildman–Crippen MR) is 120 cm³/mol. The van der Waals surface area contributed by atoms with Crippen LogP contribution in [-0.4, -0.2) is 40.8 Å². The summed E-state index contributed by atoms with van der Waals surface area (Å²) in [4.78, 5) is 17.1. The van der Waals surface area contributed by atoms with Crippen molar-refractivity contribution >= 4 is 28.2 Å². The van der Waals surface area contributed by atoms with E-state index in [9.17, 15) is 5.11 Å². The first-order valence-electron chi connectivity index (χ1n) is 10.3. The predicted octanol–water partition coefficient (Wildman–Crippen LogP) is 4.03. The zero-order chi connectivity index (χ0) is 21.4. The lowest BCUT2D eigenvalue weighted by molar-refractivity contribution is 0.184. The lowest BCUT2D eigenvalue weighted by atomic mass is 10.1. The molecule has 31 heavy (non-hydrogen) atoms. The van der Waals surface area contributed by atoms with Gasteiger partial charge in [-0.3, -0.25) is 4.98 Å². The van der Waals surface area contributed by atoms with Crippen LogP contribution in [0.5, 0.6) is 0 Å². The molecule has 0 amide bonds. The van der Waals surface area contributed by atoms with Gasteiger partial charge in [-0.05, 0) is 51.0 Å². The molecule has 0 spiro atoms. The molecule has 0 aliphatic rings. The van der Waals surface area contributed by atoms with Crippen LogP contribution in [0, 0.1) is 6.92 Å². The van der Waals surface area contributed by atoms with Crippen molar-refractivity contribution in [1.82, 2.24) is 29.5 Å². The van der Waals surface area contributed by atoms with Crippen LogP contribution in [0.25, 0.3) is 28.1 Å². The molecule has 0 saturated heterocycles. The van der Waals surface area contributed by atoms with E-state index in [0.29, 0.717) is 6.42 Å². The van der Waals surface area contributed by atoms with Gasteiger partial charge in [0.25, 0.3) is 0 Å². The molecule has 8 nitrogen and oxygen atoms in total. The molecule has 3 N–H and O–H groups in total. The Hall–Kier alpha value is -3.78. The molecule has 0 aliphatic heterocycles. The zero-order valence-corrected chi connectivity index (χ0v) is 17.4. The minimum absolute atomic E-state index is 0.337. The monoisotopic (exact) mass is 413 g/mol. The summed E-state index contributed by atoms with van der Waals surface area (Å²) < 4.78 is 1.77. The first-order chi connectivity index (χ1) is 15.1. The van der Waals surface area contributed by atoms with E-state index in [1.54, 1.807) is 23.8 Å². The SMILES string of the molecule is Cc1cccc(-c2cc(Nc3ccnc4[nH]c(CC[C@H](C)O)cc34)n3nccc3n2)n1. The molecular formula is C23H23N7O. The number of fused-ring (bicyclic) bond motifs is 2. The molecule has 5 aromatic rings. The average Bonchev–Trinajstić information content (AvgIpc) is 3.39. The number of aromatic nitrogens is 6. The van der Waals surface area contributed by atoms with Crippen molar-refractivity contribution in [3.05, 3.63) is 66.2 Å². The molecule has 1 atom stereocenters. The quantitative estimate of drug-likeness (QED) is 0.388. The molecule has 8 heteroatoms. The molecule has 5 rings (SSSR count). The summed E-state index contributed by atoms with van der Waals surface area (Å²) in [5.41, 5.74) is 6.02. The van der Waals surface area contributed by atoms with Gasteiger partial charge in [0, 0.05) is 35.1 Å². The van der Waals surface area contributed by atoms with Crippen LogP contribution in [0.3, 0.4) is 0 Å². The van der Waals surface area contributed by atoms with Gasteiger partial charge in [0.2, 0.25) is 0 Å². The molecule has 0 fully saturated rings. The Balaban J connectivity index is 1.56. The van der Waals surface area contributed by atoms with E-state index in [-0.39, 0.29) is 6.10 Å².